The molecule has 0 saturated heterocycles. The van der Waals surface area contributed by atoms with Gasteiger partial charge in [0, 0.05) is 12.2 Å². The van der Waals surface area contributed by atoms with Crippen LogP contribution in [0.25, 0.3) is 0 Å². The zero-order chi connectivity index (χ0) is 10.7. The fourth-order valence-electron chi connectivity index (χ4n) is 2.34. The van der Waals surface area contributed by atoms with E-state index in [1.54, 1.807) is 6.20 Å². The summed E-state index contributed by atoms with van der Waals surface area (Å²) in [6, 6.07) is 2.55. The molecule has 0 aromatic carbocycles. The highest BCUT2D eigenvalue weighted by Gasteiger charge is 2.18. The number of rotatable bonds is 2. The van der Waals surface area contributed by atoms with E-state index in [1.165, 1.54) is 25.7 Å². The lowest BCUT2D eigenvalue weighted by atomic mass is 9.87. The molecular formula is C12H19N3. The number of nitrogens with zero attached hydrogens (tertiary/aromatic N) is 1. The average molecular weight is 205 g/mol. The van der Waals surface area contributed by atoms with Gasteiger partial charge in [-0.1, -0.05) is 19.8 Å². The molecule has 15 heavy (non-hydrogen) atoms. The Hall–Kier alpha value is -1.25. The number of nitrogen functional groups attached to an aromatic ring is 1. The molecule has 0 radical (unpaired) electrons. The lowest BCUT2D eigenvalue weighted by Gasteiger charge is -2.28. The molecule has 3 nitrogen and oxygen atoms in total. The fourth-order valence-corrected chi connectivity index (χ4v) is 2.34. The highest BCUT2D eigenvalue weighted by molar-refractivity contribution is 5.51. The Bertz CT molecular complexity index is 324. The van der Waals surface area contributed by atoms with E-state index in [1.807, 2.05) is 12.3 Å². The Morgan fingerprint density at radius 2 is 2.27 bits per heavy atom. The van der Waals surface area contributed by atoms with Crippen molar-refractivity contribution >= 4 is 11.4 Å². The fraction of sp³-hybridized carbons (Fsp3) is 0.583. The second kappa shape index (κ2) is 4.51. The Balaban J connectivity index is 1.96. The van der Waals surface area contributed by atoms with Gasteiger partial charge in [0.25, 0.3) is 0 Å². The number of nitrogens with two attached hydrogens (primary N) is 1. The zero-order valence-electron chi connectivity index (χ0n) is 9.24. The molecule has 1 aliphatic carbocycles. The summed E-state index contributed by atoms with van der Waals surface area (Å²) in [7, 11) is 0. The summed E-state index contributed by atoms with van der Waals surface area (Å²) >= 11 is 0. The van der Waals surface area contributed by atoms with E-state index in [9.17, 15) is 0 Å². The first-order chi connectivity index (χ1) is 7.24. The molecule has 3 N–H and O–H groups in total. The number of hydrogen-bond acceptors (Lipinski definition) is 3. The Kier molecular flexibility index (Phi) is 3.09. The van der Waals surface area contributed by atoms with Crippen LogP contribution < -0.4 is 11.1 Å². The van der Waals surface area contributed by atoms with Gasteiger partial charge in [0.1, 0.15) is 0 Å². The predicted molar refractivity (Wildman–Crippen MR) is 63.7 cm³/mol. The van der Waals surface area contributed by atoms with Crippen molar-refractivity contribution in [3.05, 3.63) is 18.5 Å². The van der Waals surface area contributed by atoms with Crippen molar-refractivity contribution in [1.29, 1.82) is 0 Å². The molecule has 2 unspecified atom stereocenters. The minimum atomic E-state index is 0.595. The van der Waals surface area contributed by atoms with E-state index in [2.05, 4.69) is 17.2 Å². The SMILES string of the molecule is CC1CCCC(Nc2cncc(N)c2)C1. The summed E-state index contributed by atoms with van der Waals surface area (Å²) in [4.78, 5) is 4.08. The van der Waals surface area contributed by atoms with Crippen LogP contribution in [0.5, 0.6) is 0 Å². The van der Waals surface area contributed by atoms with Gasteiger partial charge in [-0.05, 0) is 24.8 Å². The first-order valence-corrected chi connectivity index (χ1v) is 5.71. The largest absolute Gasteiger partial charge is 0.397 e. The number of anilines is 2. The number of aromatic nitrogens is 1. The van der Waals surface area contributed by atoms with Crippen molar-refractivity contribution in [3.63, 3.8) is 0 Å². The van der Waals surface area contributed by atoms with E-state index in [0.29, 0.717) is 6.04 Å². The van der Waals surface area contributed by atoms with Crippen LogP contribution in [0.2, 0.25) is 0 Å². The van der Waals surface area contributed by atoms with Crippen LogP contribution in [0.3, 0.4) is 0 Å². The third kappa shape index (κ3) is 2.85. The summed E-state index contributed by atoms with van der Waals surface area (Å²) < 4.78 is 0. The van der Waals surface area contributed by atoms with Gasteiger partial charge in [-0.3, -0.25) is 4.98 Å². The van der Waals surface area contributed by atoms with E-state index < -0.39 is 0 Å². The molecule has 1 saturated carbocycles. The van der Waals surface area contributed by atoms with Crippen molar-refractivity contribution in [3.8, 4) is 0 Å². The molecule has 1 aromatic rings. The predicted octanol–water partition coefficient (Wildman–Crippen LogP) is 2.65. The summed E-state index contributed by atoms with van der Waals surface area (Å²) in [6.07, 6.45) is 8.74. The quantitative estimate of drug-likeness (QED) is 0.780. The molecule has 0 bridgehead atoms. The Morgan fingerprint density at radius 1 is 1.40 bits per heavy atom. The van der Waals surface area contributed by atoms with Crippen molar-refractivity contribution in [1.82, 2.24) is 4.98 Å². The van der Waals surface area contributed by atoms with E-state index >= 15 is 0 Å². The van der Waals surface area contributed by atoms with E-state index in [0.717, 1.165) is 17.3 Å². The maximum absolute atomic E-state index is 5.69. The van der Waals surface area contributed by atoms with Crippen molar-refractivity contribution in [2.24, 2.45) is 5.92 Å². The molecule has 0 amide bonds. The highest BCUT2D eigenvalue weighted by Crippen LogP contribution is 2.26. The second-order valence-corrected chi connectivity index (χ2v) is 4.62. The van der Waals surface area contributed by atoms with Gasteiger partial charge in [0.2, 0.25) is 0 Å². The molecule has 1 aromatic heterocycles. The zero-order valence-corrected chi connectivity index (χ0v) is 9.24. The summed E-state index contributed by atoms with van der Waals surface area (Å²) in [5.41, 5.74) is 7.46. The highest BCUT2D eigenvalue weighted by atomic mass is 14.9. The molecule has 1 fully saturated rings. The minimum absolute atomic E-state index is 0.595. The Labute approximate surface area is 91.1 Å². The van der Waals surface area contributed by atoms with Gasteiger partial charge in [-0.25, -0.2) is 0 Å². The molecular weight excluding hydrogens is 186 g/mol. The van der Waals surface area contributed by atoms with Crippen LogP contribution in [0.1, 0.15) is 32.6 Å². The molecule has 2 atom stereocenters. The summed E-state index contributed by atoms with van der Waals surface area (Å²) in [5.74, 6) is 0.838. The third-order valence-corrected chi connectivity index (χ3v) is 3.07. The van der Waals surface area contributed by atoms with Crippen LogP contribution in [0.4, 0.5) is 11.4 Å². The first kappa shape index (κ1) is 10.3. The van der Waals surface area contributed by atoms with Crippen LogP contribution in [-0.4, -0.2) is 11.0 Å². The molecule has 82 valence electrons. The van der Waals surface area contributed by atoms with Gasteiger partial charge in [-0.2, -0.15) is 0 Å². The summed E-state index contributed by atoms with van der Waals surface area (Å²) in [6.45, 7) is 2.32. The van der Waals surface area contributed by atoms with Gasteiger partial charge >= 0.3 is 0 Å². The van der Waals surface area contributed by atoms with Gasteiger partial charge in [0.05, 0.1) is 17.6 Å². The topological polar surface area (TPSA) is 50.9 Å². The smallest absolute Gasteiger partial charge is 0.0549 e. The second-order valence-electron chi connectivity index (χ2n) is 4.62. The minimum Gasteiger partial charge on any atom is -0.397 e. The molecule has 2 rings (SSSR count). The maximum atomic E-state index is 5.69. The van der Waals surface area contributed by atoms with Crippen LogP contribution in [-0.2, 0) is 0 Å². The molecule has 1 heterocycles. The maximum Gasteiger partial charge on any atom is 0.0549 e. The number of hydrogen-bond donors (Lipinski definition) is 2. The monoisotopic (exact) mass is 205 g/mol. The number of pyridine rings is 1. The van der Waals surface area contributed by atoms with E-state index in [-0.39, 0.29) is 0 Å². The van der Waals surface area contributed by atoms with Crippen molar-refractivity contribution < 1.29 is 0 Å². The summed E-state index contributed by atoms with van der Waals surface area (Å²) in [5, 5.41) is 3.51. The van der Waals surface area contributed by atoms with Gasteiger partial charge < -0.3 is 11.1 Å². The number of nitrogens with one attached hydrogen (secondary N) is 1. The van der Waals surface area contributed by atoms with Crippen LogP contribution in [0, 0.1) is 5.92 Å². The molecule has 3 heteroatoms. The lowest BCUT2D eigenvalue weighted by Crippen LogP contribution is -2.26. The molecule has 1 aliphatic rings. The van der Waals surface area contributed by atoms with Crippen LogP contribution >= 0.6 is 0 Å². The van der Waals surface area contributed by atoms with E-state index in [4.69, 9.17) is 5.73 Å². The Morgan fingerprint density at radius 3 is 3.00 bits per heavy atom. The standard InChI is InChI=1S/C12H19N3/c1-9-3-2-4-11(5-9)15-12-6-10(13)7-14-8-12/h6-9,11,15H,2-5,13H2,1H3. The van der Waals surface area contributed by atoms with Crippen molar-refractivity contribution in [2.75, 3.05) is 11.1 Å². The first-order valence-electron chi connectivity index (χ1n) is 5.71. The van der Waals surface area contributed by atoms with Crippen LogP contribution in [0.15, 0.2) is 18.5 Å². The molecule has 0 spiro atoms. The van der Waals surface area contributed by atoms with Gasteiger partial charge in [0.15, 0.2) is 0 Å². The normalized spacial score (nSPS) is 26.2. The third-order valence-electron chi connectivity index (χ3n) is 3.07. The van der Waals surface area contributed by atoms with Gasteiger partial charge in [-0.15, -0.1) is 0 Å². The molecule has 0 aliphatic heterocycles. The lowest BCUT2D eigenvalue weighted by molar-refractivity contribution is 0.358. The van der Waals surface area contributed by atoms with Crippen molar-refractivity contribution in [2.45, 2.75) is 38.6 Å². The average Bonchev–Trinajstić information content (AvgIpc) is 2.17.